The van der Waals surface area contributed by atoms with Crippen molar-refractivity contribution < 1.29 is 24.6 Å². The fourth-order valence-electron chi connectivity index (χ4n) is 3.76. The van der Waals surface area contributed by atoms with Gasteiger partial charge in [-0.1, -0.05) is 13.8 Å². The van der Waals surface area contributed by atoms with Crippen LogP contribution in [0.2, 0.25) is 0 Å². The summed E-state index contributed by atoms with van der Waals surface area (Å²) in [5.74, 6) is -1.80. The van der Waals surface area contributed by atoms with Gasteiger partial charge in [-0.2, -0.15) is 0 Å². The summed E-state index contributed by atoms with van der Waals surface area (Å²) < 4.78 is 0. The van der Waals surface area contributed by atoms with E-state index in [2.05, 4.69) is 0 Å². The van der Waals surface area contributed by atoms with Crippen LogP contribution in [0, 0.1) is 11.8 Å². The second kappa shape index (κ2) is 8.14. The summed E-state index contributed by atoms with van der Waals surface area (Å²) in [6, 6.07) is -0.858. The number of aliphatic hydroxyl groups excluding tert-OH is 1. The van der Waals surface area contributed by atoms with Crippen molar-refractivity contribution in [1.82, 2.24) is 14.7 Å². The number of hydrogen-bond acceptors (Lipinski definition) is 5. The molecule has 0 radical (unpaired) electrons. The quantitative estimate of drug-likeness (QED) is 0.664. The van der Waals surface area contributed by atoms with Crippen molar-refractivity contribution in [3.63, 3.8) is 0 Å². The van der Waals surface area contributed by atoms with Gasteiger partial charge in [0.25, 0.3) is 0 Å². The molecule has 3 atom stereocenters. The molecule has 0 bridgehead atoms. The van der Waals surface area contributed by atoms with Crippen molar-refractivity contribution in [3.05, 3.63) is 0 Å². The van der Waals surface area contributed by atoms with Crippen LogP contribution in [-0.2, 0) is 14.4 Å². The Hall–Kier alpha value is -1.67. The number of carbonyl (C=O) groups excluding carboxylic acids is 2. The molecule has 8 heteroatoms. The van der Waals surface area contributed by atoms with Crippen molar-refractivity contribution in [1.29, 1.82) is 0 Å². The Morgan fingerprint density at radius 3 is 2.36 bits per heavy atom. The minimum Gasteiger partial charge on any atom is -0.480 e. The van der Waals surface area contributed by atoms with Gasteiger partial charge < -0.3 is 20.0 Å². The van der Waals surface area contributed by atoms with Crippen LogP contribution in [0.4, 0.5) is 0 Å². The highest BCUT2D eigenvalue weighted by molar-refractivity contribution is 5.86. The Kier molecular flexibility index (Phi) is 6.40. The van der Waals surface area contributed by atoms with Crippen LogP contribution >= 0.6 is 0 Å². The van der Waals surface area contributed by atoms with E-state index in [4.69, 9.17) is 0 Å². The summed E-state index contributed by atoms with van der Waals surface area (Å²) in [4.78, 5) is 41.3. The second-order valence-corrected chi connectivity index (χ2v) is 7.48. The summed E-state index contributed by atoms with van der Waals surface area (Å²) in [6.07, 6.45) is 0.880. The first-order chi connectivity index (χ1) is 11.7. The molecule has 0 aromatic heterocycles. The molecule has 2 amide bonds. The molecule has 2 rings (SSSR count). The van der Waals surface area contributed by atoms with E-state index in [9.17, 15) is 24.6 Å². The number of carboxylic acid groups (broad SMARTS) is 1. The number of likely N-dealkylation sites (N-methyl/N-ethyl adjacent to an activating group) is 1. The van der Waals surface area contributed by atoms with Gasteiger partial charge in [0.05, 0.1) is 18.6 Å². The number of aliphatic hydroxyl groups is 1. The van der Waals surface area contributed by atoms with E-state index < -0.39 is 12.0 Å². The number of carbonyl (C=O) groups is 3. The van der Waals surface area contributed by atoms with E-state index in [-0.39, 0.29) is 36.3 Å². The maximum Gasteiger partial charge on any atom is 0.326 e. The summed E-state index contributed by atoms with van der Waals surface area (Å²) in [6.45, 7) is 5.88. The first-order valence-electron chi connectivity index (χ1n) is 8.88. The van der Waals surface area contributed by atoms with Crippen LogP contribution in [0.3, 0.4) is 0 Å². The minimum atomic E-state index is -1.01. The number of aliphatic carboxylic acids is 1. The standard InChI is InChI=1S/C17H29N3O5/c1-11(2)15(17(24)25)18(3)16(23)12-4-7-20(8-12)14(22)10-19-6-5-13(21)9-19/h11-13,15,21H,4-10H2,1-3H3,(H,24,25)/t12-,13-,15-/m0/s1. The summed E-state index contributed by atoms with van der Waals surface area (Å²) >= 11 is 0. The molecule has 0 saturated carbocycles. The first-order valence-corrected chi connectivity index (χ1v) is 8.88. The normalized spacial score (nSPS) is 25.4. The zero-order valence-electron chi connectivity index (χ0n) is 15.2. The molecule has 0 spiro atoms. The van der Waals surface area contributed by atoms with E-state index in [1.807, 2.05) is 4.90 Å². The molecule has 0 aromatic rings. The second-order valence-electron chi connectivity index (χ2n) is 7.48. The molecule has 25 heavy (non-hydrogen) atoms. The van der Waals surface area contributed by atoms with Gasteiger partial charge in [0.15, 0.2) is 0 Å². The monoisotopic (exact) mass is 355 g/mol. The number of nitrogens with zero attached hydrogens (tertiary/aromatic N) is 3. The van der Waals surface area contributed by atoms with Crippen LogP contribution in [-0.4, -0.2) is 94.6 Å². The maximum atomic E-state index is 12.6. The Labute approximate surface area is 148 Å². The minimum absolute atomic E-state index is 0.0364. The molecule has 2 N–H and O–H groups in total. The lowest BCUT2D eigenvalue weighted by molar-refractivity contribution is -0.152. The molecule has 2 heterocycles. The molecule has 0 unspecified atom stereocenters. The van der Waals surface area contributed by atoms with Gasteiger partial charge in [0, 0.05) is 33.2 Å². The smallest absolute Gasteiger partial charge is 0.326 e. The number of carboxylic acids is 1. The average Bonchev–Trinajstić information content (AvgIpc) is 3.15. The molecule has 142 valence electrons. The van der Waals surface area contributed by atoms with Gasteiger partial charge in [-0.3, -0.25) is 14.5 Å². The molecule has 8 nitrogen and oxygen atoms in total. The third-order valence-electron chi connectivity index (χ3n) is 5.15. The summed E-state index contributed by atoms with van der Waals surface area (Å²) in [7, 11) is 1.53. The van der Waals surface area contributed by atoms with Gasteiger partial charge in [-0.15, -0.1) is 0 Å². The Morgan fingerprint density at radius 2 is 1.84 bits per heavy atom. The highest BCUT2D eigenvalue weighted by atomic mass is 16.4. The lowest BCUT2D eigenvalue weighted by Gasteiger charge is -2.30. The number of β-amino-alcohol motifs (C(OH)–C–C–N with tert-alkyl or cyclic N) is 1. The third-order valence-corrected chi connectivity index (χ3v) is 5.15. The van der Waals surface area contributed by atoms with Crippen LogP contribution in [0.25, 0.3) is 0 Å². The zero-order valence-corrected chi connectivity index (χ0v) is 15.2. The highest BCUT2D eigenvalue weighted by Gasteiger charge is 2.37. The van der Waals surface area contributed by atoms with Crippen LogP contribution in [0.1, 0.15) is 26.7 Å². The number of hydrogen-bond donors (Lipinski definition) is 2. The Morgan fingerprint density at radius 1 is 1.16 bits per heavy atom. The van der Waals surface area contributed by atoms with E-state index >= 15 is 0 Å². The number of rotatable bonds is 6. The molecule has 0 aliphatic carbocycles. The highest BCUT2D eigenvalue weighted by Crippen LogP contribution is 2.22. The predicted molar refractivity (Wildman–Crippen MR) is 90.8 cm³/mol. The average molecular weight is 355 g/mol. The molecule has 2 fully saturated rings. The first kappa shape index (κ1) is 19.7. The topological polar surface area (TPSA) is 101 Å². The maximum absolute atomic E-state index is 12.6. The lowest BCUT2D eigenvalue weighted by atomic mass is 10.0. The molecular formula is C17H29N3O5. The van der Waals surface area contributed by atoms with Gasteiger partial charge in [-0.05, 0) is 18.8 Å². The van der Waals surface area contributed by atoms with Crippen molar-refractivity contribution in [2.75, 3.05) is 39.8 Å². The Balaban J connectivity index is 1.89. The molecule has 2 aliphatic rings. The zero-order chi connectivity index (χ0) is 18.7. The van der Waals surface area contributed by atoms with Crippen molar-refractivity contribution in [2.24, 2.45) is 11.8 Å². The van der Waals surface area contributed by atoms with Crippen LogP contribution in [0.15, 0.2) is 0 Å². The lowest BCUT2D eigenvalue weighted by Crippen LogP contribution is -2.48. The van der Waals surface area contributed by atoms with E-state index in [1.165, 1.54) is 11.9 Å². The van der Waals surface area contributed by atoms with Crippen molar-refractivity contribution in [3.8, 4) is 0 Å². The Bertz CT molecular complexity index is 524. The van der Waals surface area contributed by atoms with Crippen molar-refractivity contribution >= 4 is 17.8 Å². The number of amides is 2. The molecule has 2 aliphatic heterocycles. The molecular weight excluding hydrogens is 326 g/mol. The van der Waals surface area contributed by atoms with Gasteiger partial charge >= 0.3 is 5.97 Å². The summed E-state index contributed by atoms with van der Waals surface area (Å²) in [5.41, 5.74) is 0. The summed E-state index contributed by atoms with van der Waals surface area (Å²) in [5, 5.41) is 18.9. The van der Waals surface area contributed by atoms with Gasteiger partial charge in [-0.25, -0.2) is 4.79 Å². The van der Waals surface area contributed by atoms with Gasteiger partial charge in [0.1, 0.15) is 6.04 Å². The largest absolute Gasteiger partial charge is 0.480 e. The SMILES string of the molecule is CC(C)[C@@H](C(=O)O)N(C)C(=O)[C@H]1CCN(C(=O)CN2CC[C@H](O)C2)C1. The third kappa shape index (κ3) is 4.70. The van der Waals surface area contributed by atoms with E-state index in [0.717, 1.165) is 0 Å². The van der Waals surface area contributed by atoms with E-state index in [1.54, 1.807) is 18.7 Å². The van der Waals surface area contributed by atoms with Crippen molar-refractivity contribution in [2.45, 2.75) is 38.8 Å². The molecule has 0 aromatic carbocycles. The van der Waals surface area contributed by atoms with Crippen LogP contribution < -0.4 is 0 Å². The number of likely N-dealkylation sites (tertiary alicyclic amines) is 2. The van der Waals surface area contributed by atoms with Crippen LogP contribution in [0.5, 0.6) is 0 Å². The fourth-order valence-corrected chi connectivity index (χ4v) is 3.76. The fraction of sp³-hybridized carbons (Fsp3) is 0.824. The molecule has 2 saturated heterocycles. The van der Waals surface area contributed by atoms with Gasteiger partial charge in [0.2, 0.25) is 11.8 Å². The predicted octanol–water partition coefficient (Wildman–Crippen LogP) is -0.531. The van der Waals surface area contributed by atoms with E-state index in [0.29, 0.717) is 39.0 Å².